The second kappa shape index (κ2) is 4.46. The van der Waals surface area contributed by atoms with Crippen LogP contribution in [0.25, 0.3) is 10.8 Å². The Hall–Kier alpha value is -1.40. The van der Waals surface area contributed by atoms with Crippen LogP contribution in [-0.2, 0) is 0 Å². The molecule has 1 atom stereocenters. The van der Waals surface area contributed by atoms with Crippen molar-refractivity contribution in [2.24, 2.45) is 0 Å². The smallest absolute Gasteiger partial charge is 0.271 e. The fraction of sp³-hybridized carbons (Fsp3) is 0.455. The molecule has 1 unspecified atom stereocenters. The quantitative estimate of drug-likeness (QED) is 0.906. The van der Waals surface area contributed by atoms with Crippen LogP contribution in [0.4, 0.5) is 0 Å². The lowest BCUT2D eigenvalue weighted by atomic mass is 10.2. The zero-order valence-corrected chi connectivity index (χ0v) is 10.3. The average molecular weight is 251 g/mol. The summed E-state index contributed by atoms with van der Waals surface area (Å²) in [5.41, 5.74) is 0. The van der Waals surface area contributed by atoms with E-state index in [1.807, 2.05) is 11.4 Å². The fourth-order valence-corrected chi connectivity index (χ4v) is 2.77. The molecule has 0 spiro atoms. The van der Waals surface area contributed by atoms with E-state index in [9.17, 15) is 0 Å². The van der Waals surface area contributed by atoms with Crippen LogP contribution in [-0.4, -0.2) is 23.8 Å². The number of methoxy groups -OCH3 is 1. The summed E-state index contributed by atoms with van der Waals surface area (Å²) in [4.78, 5) is 5.33. The molecule has 3 heterocycles. The van der Waals surface area contributed by atoms with Crippen LogP contribution < -0.4 is 10.1 Å². The molecule has 0 bridgehead atoms. The van der Waals surface area contributed by atoms with Gasteiger partial charge in [-0.3, -0.25) is 0 Å². The van der Waals surface area contributed by atoms with Gasteiger partial charge in [0.1, 0.15) is 10.6 Å². The first-order chi connectivity index (χ1) is 8.38. The summed E-state index contributed by atoms with van der Waals surface area (Å²) in [6, 6.07) is 2.14. The second-order valence-corrected chi connectivity index (χ2v) is 4.84. The number of thiophene rings is 1. The van der Waals surface area contributed by atoms with Crippen molar-refractivity contribution in [3.8, 4) is 16.5 Å². The summed E-state index contributed by atoms with van der Waals surface area (Å²) in [5, 5.41) is 9.33. The zero-order valence-electron chi connectivity index (χ0n) is 9.47. The largest absolute Gasteiger partial charge is 0.495 e. The van der Waals surface area contributed by atoms with E-state index >= 15 is 0 Å². The third-order valence-corrected chi connectivity index (χ3v) is 3.74. The Labute approximate surface area is 103 Å². The number of aromatic nitrogens is 2. The number of nitrogens with zero attached hydrogens (tertiary/aromatic N) is 2. The van der Waals surface area contributed by atoms with Gasteiger partial charge in [-0.1, -0.05) is 5.16 Å². The van der Waals surface area contributed by atoms with E-state index in [0.717, 1.165) is 35.8 Å². The third-order valence-electron chi connectivity index (χ3n) is 2.86. The maximum atomic E-state index is 5.29. The molecule has 1 aliphatic rings. The predicted molar refractivity (Wildman–Crippen MR) is 64.1 cm³/mol. The minimum atomic E-state index is 0.235. The number of nitrogens with one attached hydrogen (secondary N) is 1. The molecule has 1 saturated heterocycles. The van der Waals surface area contributed by atoms with Crippen LogP contribution >= 0.6 is 11.3 Å². The molecule has 0 amide bonds. The van der Waals surface area contributed by atoms with Crippen LogP contribution in [0.5, 0.6) is 5.75 Å². The van der Waals surface area contributed by atoms with Gasteiger partial charge in [0, 0.05) is 0 Å². The average Bonchev–Trinajstić information content (AvgIpc) is 3.09. The van der Waals surface area contributed by atoms with Crippen molar-refractivity contribution in [3.63, 3.8) is 0 Å². The van der Waals surface area contributed by atoms with Crippen molar-refractivity contribution in [3.05, 3.63) is 17.3 Å². The highest BCUT2D eigenvalue weighted by atomic mass is 32.1. The van der Waals surface area contributed by atoms with E-state index in [0.29, 0.717) is 5.89 Å². The molecule has 17 heavy (non-hydrogen) atoms. The first kappa shape index (κ1) is 10.7. The topological polar surface area (TPSA) is 60.2 Å². The summed E-state index contributed by atoms with van der Waals surface area (Å²) in [6.07, 6.45) is 2.23. The number of hydrogen-bond acceptors (Lipinski definition) is 6. The first-order valence-electron chi connectivity index (χ1n) is 5.57. The Balaban J connectivity index is 1.89. The van der Waals surface area contributed by atoms with Gasteiger partial charge >= 0.3 is 0 Å². The van der Waals surface area contributed by atoms with Crippen molar-refractivity contribution >= 4 is 11.3 Å². The number of rotatable bonds is 3. The predicted octanol–water partition coefficient (Wildman–Crippen LogP) is 2.23. The highest BCUT2D eigenvalue weighted by Crippen LogP contribution is 2.35. The lowest BCUT2D eigenvalue weighted by molar-refractivity contribution is 0.401. The molecule has 3 rings (SSSR count). The van der Waals surface area contributed by atoms with Crippen LogP contribution in [0.2, 0.25) is 0 Å². The standard InChI is InChI=1S/C11H13N3O2S/c1-15-8-4-6-17-9(8)11-13-10(14-16-11)7-3-2-5-12-7/h4,6-7,12H,2-3,5H2,1H3. The van der Waals surface area contributed by atoms with Crippen molar-refractivity contribution in [2.75, 3.05) is 13.7 Å². The summed E-state index contributed by atoms with van der Waals surface area (Å²) in [7, 11) is 1.64. The van der Waals surface area contributed by atoms with Crippen molar-refractivity contribution in [2.45, 2.75) is 18.9 Å². The van der Waals surface area contributed by atoms with Gasteiger partial charge in [-0.15, -0.1) is 11.3 Å². The normalized spacial score (nSPS) is 19.7. The molecular formula is C11H13N3O2S. The van der Waals surface area contributed by atoms with Gasteiger partial charge in [-0.2, -0.15) is 4.98 Å². The van der Waals surface area contributed by atoms with E-state index in [2.05, 4.69) is 15.5 Å². The Bertz CT molecular complexity index is 502. The monoisotopic (exact) mass is 251 g/mol. The molecule has 90 valence electrons. The maximum Gasteiger partial charge on any atom is 0.271 e. The van der Waals surface area contributed by atoms with Crippen LogP contribution in [0.15, 0.2) is 16.0 Å². The van der Waals surface area contributed by atoms with Gasteiger partial charge in [-0.05, 0) is 30.8 Å². The summed E-state index contributed by atoms with van der Waals surface area (Å²) in [5.74, 6) is 2.07. The summed E-state index contributed by atoms with van der Waals surface area (Å²) in [6.45, 7) is 1.02. The number of ether oxygens (including phenoxy) is 1. The van der Waals surface area contributed by atoms with E-state index in [4.69, 9.17) is 9.26 Å². The van der Waals surface area contributed by atoms with Crippen LogP contribution in [0.1, 0.15) is 24.7 Å². The number of hydrogen-bond donors (Lipinski definition) is 1. The van der Waals surface area contributed by atoms with Gasteiger partial charge in [0.2, 0.25) is 0 Å². The van der Waals surface area contributed by atoms with E-state index in [-0.39, 0.29) is 6.04 Å². The van der Waals surface area contributed by atoms with Gasteiger partial charge < -0.3 is 14.6 Å². The van der Waals surface area contributed by atoms with Crippen molar-refractivity contribution in [1.82, 2.24) is 15.5 Å². The highest BCUT2D eigenvalue weighted by Gasteiger charge is 2.23. The van der Waals surface area contributed by atoms with Crippen molar-refractivity contribution < 1.29 is 9.26 Å². The lowest BCUT2D eigenvalue weighted by Gasteiger charge is -2.01. The van der Waals surface area contributed by atoms with Crippen LogP contribution in [0.3, 0.4) is 0 Å². The molecule has 2 aromatic rings. The molecule has 1 N–H and O–H groups in total. The molecule has 5 nitrogen and oxygen atoms in total. The molecule has 0 saturated carbocycles. The highest BCUT2D eigenvalue weighted by molar-refractivity contribution is 7.13. The minimum absolute atomic E-state index is 0.235. The van der Waals surface area contributed by atoms with E-state index in [1.54, 1.807) is 18.4 Å². The van der Waals surface area contributed by atoms with E-state index in [1.165, 1.54) is 0 Å². The molecule has 1 aliphatic heterocycles. The van der Waals surface area contributed by atoms with E-state index < -0.39 is 0 Å². The zero-order chi connectivity index (χ0) is 11.7. The molecule has 0 radical (unpaired) electrons. The Morgan fingerprint density at radius 1 is 1.59 bits per heavy atom. The summed E-state index contributed by atoms with van der Waals surface area (Å²) < 4.78 is 10.5. The maximum absolute atomic E-state index is 5.29. The summed E-state index contributed by atoms with van der Waals surface area (Å²) >= 11 is 1.54. The molecule has 1 fully saturated rings. The molecule has 0 aromatic carbocycles. The van der Waals surface area contributed by atoms with Gasteiger partial charge in [0.15, 0.2) is 5.82 Å². The lowest BCUT2D eigenvalue weighted by Crippen LogP contribution is -2.14. The Morgan fingerprint density at radius 2 is 2.53 bits per heavy atom. The van der Waals surface area contributed by atoms with Crippen LogP contribution in [0, 0.1) is 0 Å². The van der Waals surface area contributed by atoms with Crippen molar-refractivity contribution in [1.29, 1.82) is 0 Å². The molecular weight excluding hydrogens is 238 g/mol. The molecule has 6 heteroatoms. The Morgan fingerprint density at radius 3 is 3.29 bits per heavy atom. The SMILES string of the molecule is COc1ccsc1-c1nc(C2CCCN2)no1. The fourth-order valence-electron chi connectivity index (χ4n) is 1.99. The Kier molecular flexibility index (Phi) is 2.82. The molecule has 2 aromatic heterocycles. The van der Waals surface area contributed by atoms with Gasteiger partial charge in [0.05, 0.1) is 13.2 Å². The first-order valence-corrected chi connectivity index (χ1v) is 6.45. The molecule has 0 aliphatic carbocycles. The van der Waals surface area contributed by atoms with Gasteiger partial charge in [0.25, 0.3) is 5.89 Å². The minimum Gasteiger partial charge on any atom is -0.495 e. The third kappa shape index (κ3) is 1.94. The second-order valence-electron chi connectivity index (χ2n) is 3.92. The van der Waals surface area contributed by atoms with Gasteiger partial charge in [-0.25, -0.2) is 0 Å².